The molecule has 0 saturated heterocycles. The molecule has 190 valence electrons. The van der Waals surface area contributed by atoms with Crippen LogP contribution in [0, 0.1) is 0 Å². The van der Waals surface area contributed by atoms with Crippen molar-refractivity contribution in [1.29, 1.82) is 0 Å². The molecule has 0 aliphatic heterocycles. The maximum atomic E-state index is 6.25. The second-order valence-corrected chi connectivity index (χ2v) is 9.63. The average molecular weight is 512 g/mol. The lowest BCUT2D eigenvalue weighted by Gasteiger charge is -2.18. The molecule has 0 aliphatic rings. The summed E-state index contributed by atoms with van der Waals surface area (Å²) in [4.78, 5) is 2.11. The lowest BCUT2D eigenvalue weighted by atomic mass is 9.88. The second kappa shape index (κ2) is 13.8. The Bertz CT molecular complexity index is 1250. The summed E-state index contributed by atoms with van der Waals surface area (Å²) in [5.74, 6) is 0.872. The van der Waals surface area contributed by atoms with Gasteiger partial charge < -0.3 is 14.4 Å². The van der Waals surface area contributed by atoms with Gasteiger partial charge in [-0.15, -0.1) is 0 Å². The van der Waals surface area contributed by atoms with Crippen LogP contribution in [0.1, 0.15) is 28.7 Å². The van der Waals surface area contributed by atoms with Crippen LogP contribution in [0.5, 0.6) is 5.75 Å². The summed E-state index contributed by atoms with van der Waals surface area (Å²) in [6.45, 7) is 2.73. The molecule has 0 saturated carbocycles. The van der Waals surface area contributed by atoms with E-state index in [0.29, 0.717) is 19.8 Å². The topological polar surface area (TPSA) is 21.7 Å². The highest BCUT2D eigenvalue weighted by atomic mass is 35.5. The van der Waals surface area contributed by atoms with Crippen LogP contribution in [0.4, 0.5) is 0 Å². The van der Waals surface area contributed by atoms with Gasteiger partial charge in [0.15, 0.2) is 0 Å². The average Bonchev–Trinajstić information content (AvgIpc) is 2.92. The Hall–Kier alpha value is -3.37. The number of benzene rings is 4. The predicted molar refractivity (Wildman–Crippen MR) is 155 cm³/mol. The van der Waals surface area contributed by atoms with Crippen molar-refractivity contribution < 1.29 is 9.47 Å². The van der Waals surface area contributed by atoms with Gasteiger partial charge in [-0.2, -0.15) is 0 Å². The first-order valence-corrected chi connectivity index (χ1v) is 13.0. The number of hydrogen-bond acceptors (Lipinski definition) is 3. The molecule has 4 heteroatoms. The van der Waals surface area contributed by atoms with Crippen molar-refractivity contribution in [3.05, 3.63) is 136 Å². The van der Waals surface area contributed by atoms with E-state index in [1.807, 2.05) is 50.5 Å². The molecule has 0 N–H and O–H groups in total. The SMILES string of the molecule is CN(C)CCOc1ccc(C(=C(CCOCc2ccccc2)c2ccc(Cl)cc2)c2ccccc2)cc1. The number of likely N-dealkylation sites (N-methyl/N-ethyl adjacent to an activating group) is 1. The van der Waals surface area contributed by atoms with Crippen LogP contribution in [0.2, 0.25) is 5.02 Å². The molecule has 4 rings (SSSR count). The van der Waals surface area contributed by atoms with E-state index in [2.05, 4.69) is 77.7 Å². The number of nitrogens with zero attached hydrogens (tertiary/aromatic N) is 1. The van der Waals surface area contributed by atoms with Crippen molar-refractivity contribution in [3.8, 4) is 5.75 Å². The van der Waals surface area contributed by atoms with E-state index in [-0.39, 0.29) is 0 Å². The maximum Gasteiger partial charge on any atom is 0.119 e. The zero-order chi connectivity index (χ0) is 25.9. The summed E-state index contributed by atoms with van der Waals surface area (Å²) in [7, 11) is 4.09. The molecule has 0 heterocycles. The summed E-state index contributed by atoms with van der Waals surface area (Å²) >= 11 is 6.25. The zero-order valence-electron chi connectivity index (χ0n) is 21.6. The van der Waals surface area contributed by atoms with E-state index >= 15 is 0 Å². The lowest BCUT2D eigenvalue weighted by Crippen LogP contribution is -2.19. The van der Waals surface area contributed by atoms with Gasteiger partial charge in [0.25, 0.3) is 0 Å². The van der Waals surface area contributed by atoms with Gasteiger partial charge in [0.05, 0.1) is 13.2 Å². The van der Waals surface area contributed by atoms with Crippen molar-refractivity contribution in [1.82, 2.24) is 4.90 Å². The minimum Gasteiger partial charge on any atom is -0.492 e. The molecule has 0 amide bonds. The summed E-state index contributed by atoms with van der Waals surface area (Å²) in [5, 5.41) is 0.726. The minimum atomic E-state index is 0.592. The Kier molecular flexibility index (Phi) is 9.96. The third-order valence-electron chi connectivity index (χ3n) is 6.12. The predicted octanol–water partition coefficient (Wildman–Crippen LogP) is 7.85. The largest absolute Gasteiger partial charge is 0.492 e. The van der Waals surface area contributed by atoms with Crippen molar-refractivity contribution in [2.45, 2.75) is 13.0 Å². The van der Waals surface area contributed by atoms with E-state index < -0.39 is 0 Å². The maximum absolute atomic E-state index is 6.25. The van der Waals surface area contributed by atoms with E-state index in [1.54, 1.807) is 0 Å². The standard InChI is InChI=1S/C33H34ClNO2/c1-35(2)22-24-37-31-19-15-29(16-20-31)33(28-11-7-4-8-12-28)32(27-13-17-30(34)18-14-27)21-23-36-25-26-9-5-3-6-10-26/h3-20H,21-25H2,1-2H3. The van der Waals surface area contributed by atoms with Gasteiger partial charge in [-0.1, -0.05) is 96.5 Å². The van der Waals surface area contributed by atoms with E-state index in [1.165, 1.54) is 16.7 Å². The van der Waals surface area contributed by atoms with Crippen molar-refractivity contribution >= 4 is 22.7 Å². The number of hydrogen-bond donors (Lipinski definition) is 0. The molecule has 0 aromatic heterocycles. The Balaban J connectivity index is 1.67. The molecule has 0 radical (unpaired) electrons. The molecule has 4 aromatic carbocycles. The number of ether oxygens (including phenoxy) is 2. The first kappa shape index (κ1) is 26.7. The molecule has 3 nitrogen and oxygen atoms in total. The van der Waals surface area contributed by atoms with Crippen LogP contribution in [0.3, 0.4) is 0 Å². The van der Waals surface area contributed by atoms with Gasteiger partial charge >= 0.3 is 0 Å². The van der Waals surface area contributed by atoms with E-state index in [9.17, 15) is 0 Å². The molecule has 37 heavy (non-hydrogen) atoms. The molecule has 4 aromatic rings. The smallest absolute Gasteiger partial charge is 0.119 e. The van der Waals surface area contributed by atoms with E-state index in [4.69, 9.17) is 21.1 Å². The fraction of sp³-hybridized carbons (Fsp3) is 0.212. The summed E-state index contributed by atoms with van der Waals surface area (Å²) in [6.07, 6.45) is 0.764. The molecule has 0 bridgehead atoms. The third-order valence-corrected chi connectivity index (χ3v) is 6.37. The van der Waals surface area contributed by atoms with E-state index in [0.717, 1.165) is 40.4 Å². The van der Waals surface area contributed by atoms with Crippen LogP contribution in [0.25, 0.3) is 11.1 Å². The fourth-order valence-electron chi connectivity index (χ4n) is 4.19. The van der Waals surface area contributed by atoms with Gasteiger partial charge in [0.2, 0.25) is 0 Å². The summed E-state index contributed by atoms with van der Waals surface area (Å²) in [5.41, 5.74) is 7.02. The van der Waals surface area contributed by atoms with Gasteiger partial charge in [0, 0.05) is 11.6 Å². The zero-order valence-corrected chi connectivity index (χ0v) is 22.3. The molecule has 0 fully saturated rings. The minimum absolute atomic E-state index is 0.592. The first-order valence-electron chi connectivity index (χ1n) is 12.6. The monoisotopic (exact) mass is 511 g/mol. The highest BCUT2D eigenvalue weighted by Gasteiger charge is 2.15. The molecule has 0 atom stereocenters. The normalized spacial score (nSPS) is 11.9. The molecule has 0 aliphatic carbocycles. The molecular formula is C33H34ClNO2. The molecule has 0 unspecified atom stereocenters. The van der Waals surface area contributed by atoms with Crippen molar-refractivity contribution in [2.24, 2.45) is 0 Å². The Morgan fingerprint density at radius 2 is 1.27 bits per heavy atom. The van der Waals surface area contributed by atoms with Crippen LogP contribution in [-0.2, 0) is 11.3 Å². The van der Waals surface area contributed by atoms with Gasteiger partial charge in [0.1, 0.15) is 12.4 Å². The number of rotatable bonds is 12. The second-order valence-electron chi connectivity index (χ2n) is 9.19. The van der Waals surface area contributed by atoms with Crippen LogP contribution < -0.4 is 4.74 Å². The fourth-order valence-corrected chi connectivity index (χ4v) is 4.31. The Morgan fingerprint density at radius 3 is 1.92 bits per heavy atom. The quantitative estimate of drug-likeness (QED) is 0.143. The van der Waals surface area contributed by atoms with Crippen molar-refractivity contribution in [3.63, 3.8) is 0 Å². The first-order chi connectivity index (χ1) is 18.1. The Labute approximate surface area is 225 Å². The highest BCUT2D eigenvalue weighted by Crippen LogP contribution is 2.35. The van der Waals surface area contributed by atoms with Crippen LogP contribution in [-0.4, -0.2) is 38.8 Å². The summed E-state index contributed by atoms with van der Waals surface area (Å²) < 4.78 is 12.1. The van der Waals surface area contributed by atoms with Crippen LogP contribution in [0.15, 0.2) is 109 Å². The third kappa shape index (κ3) is 8.06. The number of halogens is 1. The highest BCUT2D eigenvalue weighted by molar-refractivity contribution is 6.30. The van der Waals surface area contributed by atoms with Crippen molar-refractivity contribution in [2.75, 3.05) is 33.9 Å². The molecule has 0 spiro atoms. The molecular weight excluding hydrogens is 478 g/mol. The summed E-state index contributed by atoms with van der Waals surface area (Å²) in [6, 6.07) is 37.3. The van der Waals surface area contributed by atoms with Crippen LogP contribution >= 0.6 is 11.6 Å². The Morgan fingerprint density at radius 1 is 0.676 bits per heavy atom. The van der Waals surface area contributed by atoms with Gasteiger partial charge in [-0.3, -0.25) is 0 Å². The van der Waals surface area contributed by atoms with Gasteiger partial charge in [-0.05, 0) is 78.2 Å². The van der Waals surface area contributed by atoms with Gasteiger partial charge in [-0.25, -0.2) is 0 Å². The lowest BCUT2D eigenvalue weighted by molar-refractivity contribution is 0.126.